The van der Waals surface area contributed by atoms with Gasteiger partial charge >= 0.3 is 0 Å². The second kappa shape index (κ2) is 5.50. The van der Waals surface area contributed by atoms with E-state index in [0.29, 0.717) is 0 Å². The highest BCUT2D eigenvalue weighted by Gasteiger charge is 2.18. The van der Waals surface area contributed by atoms with Gasteiger partial charge in [0.25, 0.3) is 0 Å². The third kappa shape index (κ3) is 6.90. The van der Waals surface area contributed by atoms with Crippen molar-refractivity contribution in [1.29, 1.82) is 0 Å². The number of nitrogens with two attached hydrogens (primary N) is 1. The van der Waals surface area contributed by atoms with E-state index < -0.39 is 0 Å². The number of amides is 1. The van der Waals surface area contributed by atoms with Crippen molar-refractivity contribution in [3.05, 3.63) is 0 Å². The topological polar surface area (TPSA) is 55.1 Å². The average Bonchev–Trinajstić information content (AvgIpc) is 1.96. The van der Waals surface area contributed by atoms with Gasteiger partial charge in [0.2, 0.25) is 5.91 Å². The lowest BCUT2D eigenvalue weighted by Gasteiger charge is -2.23. The minimum atomic E-state index is -0.369. The molecule has 0 bridgehead atoms. The summed E-state index contributed by atoms with van der Waals surface area (Å²) in [6.07, 6.45) is 2.75. The van der Waals surface area contributed by atoms with E-state index in [9.17, 15) is 4.79 Å². The first kappa shape index (κ1) is 12.8. The first-order chi connectivity index (χ1) is 5.87. The largest absolute Gasteiger partial charge is 0.350 e. The summed E-state index contributed by atoms with van der Waals surface area (Å²) in [6.45, 7) is 5.85. The van der Waals surface area contributed by atoms with Crippen LogP contribution >= 0.6 is 11.8 Å². The first-order valence-corrected chi connectivity index (χ1v) is 5.83. The van der Waals surface area contributed by atoms with E-state index in [-0.39, 0.29) is 17.5 Å². The fourth-order valence-corrected chi connectivity index (χ4v) is 1.33. The molecule has 1 atom stereocenters. The van der Waals surface area contributed by atoms with E-state index in [4.69, 9.17) is 5.73 Å². The zero-order valence-corrected chi connectivity index (χ0v) is 9.70. The van der Waals surface area contributed by atoms with Crippen molar-refractivity contribution < 1.29 is 4.79 Å². The first-order valence-electron chi connectivity index (χ1n) is 4.43. The summed E-state index contributed by atoms with van der Waals surface area (Å²) in [5, 5.41) is 2.85. The molecule has 78 valence electrons. The molecule has 0 heterocycles. The van der Waals surface area contributed by atoms with E-state index >= 15 is 0 Å². The summed E-state index contributed by atoms with van der Waals surface area (Å²) < 4.78 is 0. The van der Waals surface area contributed by atoms with Gasteiger partial charge < -0.3 is 11.1 Å². The normalized spacial score (nSPS) is 13.9. The molecule has 0 rings (SSSR count). The SMILES string of the molecule is CSCCC(N)C(=O)NC(C)(C)C. The molecule has 1 amide bonds. The minimum Gasteiger partial charge on any atom is -0.350 e. The molecule has 0 aliphatic rings. The summed E-state index contributed by atoms with van der Waals surface area (Å²) in [5.74, 6) is 0.875. The molecule has 3 N–H and O–H groups in total. The van der Waals surface area contributed by atoms with Gasteiger partial charge in [-0.3, -0.25) is 4.79 Å². The van der Waals surface area contributed by atoms with Gasteiger partial charge in [-0.05, 0) is 39.2 Å². The Hall–Kier alpha value is -0.220. The van der Waals surface area contributed by atoms with Gasteiger partial charge in [-0.15, -0.1) is 0 Å². The van der Waals surface area contributed by atoms with Gasteiger partial charge in [0.1, 0.15) is 0 Å². The van der Waals surface area contributed by atoms with Gasteiger partial charge in [-0.2, -0.15) is 11.8 Å². The maximum atomic E-state index is 11.4. The maximum absolute atomic E-state index is 11.4. The summed E-state index contributed by atoms with van der Waals surface area (Å²) in [6, 6.07) is -0.369. The average molecular weight is 204 g/mol. The highest BCUT2D eigenvalue weighted by atomic mass is 32.2. The smallest absolute Gasteiger partial charge is 0.237 e. The predicted molar refractivity (Wildman–Crippen MR) is 58.9 cm³/mol. The molecule has 13 heavy (non-hydrogen) atoms. The van der Waals surface area contributed by atoms with Gasteiger partial charge in [0.05, 0.1) is 6.04 Å². The van der Waals surface area contributed by atoms with E-state index in [0.717, 1.165) is 12.2 Å². The van der Waals surface area contributed by atoms with Crippen LogP contribution in [0.2, 0.25) is 0 Å². The molecule has 0 aliphatic heterocycles. The van der Waals surface area contributed by atoms with Crippen molar-refractivity contribution in [2.24, 2.45) is 5.73 Å². The molecular formula is C9H20N2OS. The van der Waals surface area contributed by atoms with Crippen LogP contribution in [-0.4, -0.2) is 29.5 Å². The molecule has 0 fully saturated rings. The van der Waals surface area contributed by atoms with Crippen LogP contribution in [0.5, 0.6) is 0 Å². The number of hydrogen-bond donors (Lipinski definition) is 2. The van der Waals surface area contributed by atoms with Crippen molar-refractivity contribution in [2.75, 3.05) is 12.0 Å². The lowest BCUT2D eigenvalue weighted by Crippen LogP contribution is -2.49. The van der Waals surface area contributed by atoms with Crippen LogP contribution in [0, 0.1) is 0 Å². The molecule has 0 spiro atoms. The van der Waals surface area contributed by atoms with Crippen LogP contribution in [-0.2, 0) is 4.79 Å². The monoisotopic (exact) mass is 204 g/mol. The van der Waals surface area contributed by atoms with Crippen LogP contribution in [0.1, 0.15) is 27.2 Å². The second-order valence-electron chi connectivity index (χ2n) is 4.13. The van der Waals surface area contributed by atoms with Crippen LogP contribution in [0.15, 0.2) is 0 Å². The number of thioether (sulfide) groups is 1. The fourth-order valence-electron chi connectivity index (χ4n) is 0.838. The maximum Gasteiger partial charge on any atom is 0.237 e. The molecule has 3 nitrogen and oxygen atoms in total. The van der Waals surface area contributed by atoms with Crippen molar-refractivity contribution in [3.63, 3.8) is 0 Å². The van der Waals surface area contributed by atoms with E-state index in [2.05, 4.69) is 5.32 Å². The Morgan fingerprint density at radius 2 is 2.08 bits per heavy atom. The summed E-state index contributed by atoms with van der Waals surface area (Å²) in [4.78, 5) is 11.4. The quantitative estimate of drug-likeness (QED) is 0.718. The van der Waals surface area contributed by atoms with Crippen LogP contribution in [0.25, 0.3) is 0 Å². The van der Waals surface area contributed by atoms with E-state index in [1.54, 1.807) is 11.8 Å². The number of rotatable bonds is 4. The molecule has 0 aromatic carbocycles. The van der Waals surface area contributed by atoms with Crippen molar-refractivity contribution in [2.45, 2.75) is 38.8 Å². The lowest BCUT2D eigenvalue weighted by atomic mass is 10.1. The number of nitrogens with one attached hydrogen (secondary N) is 1. The summed E-state index contributed by atoms with van der Waals surface area (Å²) in [5.41, 5.74) is 5.50. The van der Waals surface area contributed by atoms with Crippen molar-refractivity contribution in [3.8, 4) is 0 Å². The molecule has 0 aromatic rings. The number of hydrogen-bond acceptors (Lipinski definition) is 3. The molecular weight excluding hydrogens is 184 g/mol. The Balaban J connectivity index is 3.83. The van der Waals surface area contributed by atoms with Gasteiger partial charge in [-0.1, -0.05) is 0 Å². The van der Waals surface area contributed by atoms with Crippen LogP contribution < -0.4 is 11.1 Å². The number of carbonyl (C=O) groups is 1. The molecule has 0 aromatic heterocycles. The van der Waals surface area contributed by atoms with Crippen LogP contribution in [0.4, 0.5) is 0 Å². The molecule has 0 saturated heterocycles. The van der Waals surface area contributed by atoms with Crippen molar-refractivity contribution >= 4 is 17.7 Å². The molecule has 0 radical (unpaired) electrons. The Kier molecular flexibility index (Phi) is 5.40. The zero-order chi connectivity index (χ0) is 10.5. The molecule has 0 saturated carbocycles. The van der Waals surface area contributed by atoms with E-state index in [1.807, 2.05) is 27.0 Å². The lowest BCUT2D eigenvalue weighted by molar-refractivity contribution is -0.123. The predicted octanol–water partition coefficient (Wildman–Crippen LogP) is 0.981. The van der Waals surface area contributed by atoms with E-state index in [1.165, 1.54) is 0 Å². The minimum absolute atomic E-state index is 0.0541. The Morgan fingerprint density at radius 1 is 1.54 bits per heavy atom. The summed E-state index contributed by atoms with van der Waals surface area (Å²) >= 11 is 1.71. The van der Waals surface area contributed by atoms with Gasteiger partial charge in [-0.25, -0.2) is 0 Å². The Bertz CT molecular complexity index is 165. The number of carbonyl (C=O) groups excluding carboxylic acids is 1. The Labute approximate surface area is 84.8 Å². The summed E-state index contributed by atoms with van der Waals surface area (Å²) in [7, 11) is 0. The fraction of sp³-hybridized carbons (Fsp3) is 0.889. The molecule has 0 aliphatic carbocycles. The molecule has 1 unspecified atom stereocenters. The second-order valence-corrected chi connectivity index (χ2v) is 5.11. The zero-order valence-electron chi connectivity index (χ0n) is 8.89. The highest BCUT2D eigenvalue weighted by Crippen LogP contribution is 2.02. The third-order valence-corrected chi connectivity index (χ3v) is 2.11. The van der Waals surface area contributed by atoms with Crippen molar-refractivity contribution in [1.82, 2.24) is 5.32 Å². The Morgan fingerprint density at radius 3 is 2.46 bits per heavy atom. The van der Waals surface area contributed by atoms with Crippen LogP contribution in [0.3, 0.4) is 0 Å². The van der Waals surface area contributed by atoms with Gasteiger partial charge in [0, 0.05) is 5.54 Å². The standard InChI is InChI=1S/C9H20N2OS/c1-9(2,3)11-8(12)7(10)5-6-13-4/h7H,5-6,10H2,1-4H3,(H,11,12). The molecule has 4 heteroatoms. The highest BCUT2D eigenvalue weighted by molar-refractivity contribution is 7.98. The van der Waals surface area contributed by atoms with Gasteiger partial charge in [0.15, 0.2) is 0 Å². The third-order valence-electron chi connectivity index (χ3n) is 1.47.